The van der Waals surface area contributed by atoms with Gasteiger partial charge in [0.05, 0.1) is 5.56 Å². The Labute approximate surface area is 84.2 Å². The molecule has 0 atom stereocenters. The molecule has 0 fully saturated rings. The lowest BCUT2D eigenvalue weighted by atomic mass is 10.00. The molecule has 0 aliphatic rings. The Bertz CT molecular complexity index is 407. The van der Waals surface area contributed by atoms with Gasteiger partial charge in [0.2, 0.25) is 0 Å². The first-order valence-corrected chi connectivity index (χ1v) is 4.05. The fraction of sp³-hybridized carbons (Fsp3) is 0.200. The molecule has 0 spiro atoms. The molecule has 1 aromatic rings. The molecule has 1 nitrogen and oxygen atoms in total. The van der Waals surface area contributed by atoms with Gasteiger partial charge in [0, 0.05) is 5.69 Å². The molecule has 0 aliphatic carbocycles. The van der Waals surface area contributed by atoms with Crippen LogP contribution in [0.5, 0.6) is 0 Å². The van der Waals surface area contributed by atoms with Crippen molar-refractivity contribution in [3.8, 4) is 0 Å². The average molecular weight is 219 g/mol. The second-order valence-corrected chi connectivity index (χ2v) is 3.20. The molecule has 5 heteroatoms. The van der Waals surface area contributed by atoms with Gasteiger partial charge in [-0.1, -0.05) is 12.2 Å². The quantitative estimate of drug-likeness (QED) is 0.568. The molecule has 0 heterocycles. The van der Waals surface area contributed by atoms with Crippen LogP contribution in [0, 0.1) is 5.82 Å². The molecule has 15 heavy (non-hydrogen) atoms. The van der Waals surface area contributed by atoms with Crippen molar-refractivity contribution in [1.82, 2.24) is 0 Å². The summed E-state index contributed by atoms with van der Waals surface area (Å²) in [4.78, 5) is 0. The summed E-state index contributed by atoms with van der Waals surface area (Å²) in [6, 6.07) is 1.71. The molecule has 82 valence electrons. The molecule has 0 radical (unpaired) electrons. The van der Waals surface area contributed by atoms with E-state index in [1.807, 2.05) is 0 Å². The van der Waals surface area contributed by atoms with Crippen LogP contribution in [-0.4, -0.2) is 0 Å². The van der Waals surface area contributed by atoms with Crippen LogP contribution in [0.3, 0.4) is 0 Å². The van der Waals surface area contributed by atoms with Crippen LogP contribution >= 0.6 is 0 Å². The molecule has 0 saturated heterocycles. The summed E-state index contributed by atoms with van der Waals surface area (Å²) in [6.45, 7) is 4.72. The first-order chi connectivity index (χ1) is 6.73. The maximum absolute atomic E-state index is 13.1. The molecule has 0 bridgehead atoms. The zero-order chi connectivity index (χ0) is 11.8. The Hall–Kier alpha value is -1.52. The fourth-order valence-electron chi connectivity index (χ4n) is 1.25. The summed E-state index contributed by atoms with van der Waals surface area (Å²) in [7, 11) is 0. The Morgan fingerprint density at radius 3 is 2.27 bits per heavy atom. The fourth-order valence-corrected chi connectivity index (χ4v) is 1.25. The molecule has 0 saturated carbocycles. The molecule has 1 aromatic carbocycles. The van der Waals surface area contributed by atoms with E-state index in [-0.39, 0.29) is 16.8 Å². The van der Waals surface area contributed by atoms with Crippen LogP contribution in [-0.2, 0) is 6.18 Å². The number of allylic oxidation sites excluding steroid dienone is 1. The van der Waals surface area contributed by atoms with Crippen molar-refractivity contribution in [2.45, 2.75) is 13.1 Å². The third-order valence-corrected chi connectivity index (χ3v) is 1.86. The van der Waals surface area contributed by atoms with E-state index in [1.54, 1.807) is 0 Å². The van der Waals surface area contributed by atoms with E-state index in [1.165, 1.54) is 6.92 Å². The number of nitrogen functional groups attached to an aromatic ring is 1. The summed E-state index contributed by atoms with van der Waals surface area (Å²) in [5, 5.41) is 0. The van der Waals surface area contributed by atoms with Crippen LogP contribution in [0.4, 0.5) is 23.2 Å². The van der Waals surface area contributed by atoms with Crippen molar-refractivity contribution >= 4 is 11.3 Å². The Balaban J connectivity index is 3.55. The number of anilines is 1. The van der Waals surface area contributed by atoms with Gasteiger partial charge in [-0.25, -0.2) is 4.39 Å². The number of nitrogens with two attached hydrogens (primary N) is 1. The second-order valence-electron chi connectivity index (χ2n) is 3.20. The van der Waals surface area contributed by atoms with Gasteiger partial charge < -0.3 is 5.73 Å². The van der Waals surface area contributed by atoms with Gasteiger partial charge >= 0.3 is 6.18 Å². The summed E-state index contributed by atoms with van der Waals surface area (Å²) in [6.07, 6.45) is -4.74. The molecule has 2 N–H and O–H groups in total. The van der Waals surface area contributed by atoms with E-state index in [0.717, 1.165) is 6.07 Å². The van der Waals surface area contributed by atoms with Crippen molar-refractivity contribution in [2.75, 3.05) is 5.73 Å². The minimum absolute atomic E-state index is 0.0569. The predicted molar refractivity (Wildman–Crippen MR) is 50.5 cm³/mol. The molecule has 0 aliphatic heterocycles. The molecule has 0 aromatic heterocycles. The standard InChI is InChI=1S/C10H9F4N/c1-5(2)7-3-6(15)4-8(11)9(7)10(12,13)14/h3-4H,1,15H2,2H3. The lowest BCUT2D eigenvalue weighted by molar-refractivity contribution is -0.140. The minimum atomic E-state index is -4.74. The van der Waals surface area contributed by atoms with E-state index >= 15 is 0 Å². The van der Waals surface area contributed by atoms with Gasteiger partial charge in [-0.3, -0.25) is 0 Å². The maximum Gasteiger partial charge on any atom is 0.419 e. The number of hydrogen-bond acceptors (Lipinski definition) is 1. The van der Waals surface area contributed by atoms with Crippen molar-refractivity contribution < 1.29 is 17.6 Å². The van der Waals surface area contributed by atoms with Gasteiger partial charge in [-0.2, -0.15) is 13.2 Å². The van der Waals surface area contributed by atoms with Crippen molar-refractivity contribution in [3.05, 3.63) is 35.7 Å². The molecule has 1 rings (SSSR count). The number of alkyl halides is 3. The molecule has 0 amide bonds. The van der Waals surface area contributed by atoms with Gasteiger partial charge in [-0.05, 0) is 24.6 Å². The number of hydrogen-bond donors (Lipinski definition) is 1. The SMILES string of the molecule is C=C(C)c1cc(N)cc(F)c1C(F)(F)F. The molecular formula is C10H9F4N. The predicted octanol–water partition coefficient (Wildman–Crippen LogP) is 3.46. The van der Waals surface area contributed by atoms with Crippen LogP contribution in [0.2, 0.25) is 0 Å². The van der Waals surface area contributed by atoms with Crippen LogP contribution in [0.25, 0.3) is 5.57 Å². The average Bonchev–Trinajstić information content (AvgIpc) is 1.99. The highest BCUT2D eigenvalue weighted by Gasteiger charge is 2.37. The highest BCUT2D eigenvalue weighted by molar-refractivity contribution is 5.68. The van der Waals surface area contributed by atoms with E-state index < -0.39 is 17.6 Å². The Kier molecular flexibility index (Phi) is 2.75. The summed E-state index contributed by atoms with van der Waals surface area (Å²) < 4.78 is 50.6. The van der Waals surface area contributed by atoms with Crippen LogP contribution in [0.15, 0.2) is 18.7 Å². The van der Waals surface area contributed by atoms with E-state index in [9.17, 15) is 17.6 Å². The van der Waals surface area contributed by atoms with Crippen molar-refractivity contribution in [3.63, 3.8) is 0 Å². The van der Waals surface area contributed by atoms with Gasteiger partial charge in [0.1, 0.15) is 5.82 Å². The topological polar surface area (TPSA) is 26.0 Å². The monoisotopic (exact) mass is 219 g/mol. The molecular weight excluding hydrogens is 210 g/mol. The van der Waals surface area contributed by atoms with Crippen molar-refractivity contribution in [1.29, 1.82) is 0 Å². The van der Waals surface area contributed by atoms with Gasteiger partial charge in [0.25, 0.3) is 0 Å². The highest BCUT2D eigenvalue weighted by Crippen LogP contribution is 2.37. The first-order valence-electron chi connectivity index (χ1n) is 4.05. The summed E-state index contributed by atoms with van der Waals surface area (Å²) in [5.41, 5.74) is 3.70. The first kappa shape index (κ1) is 11.6. The van der Waals surface area contributed by atoms with Crippen molar-refractivity contribution in [2.24, 2.45) is 0 Å². The Morgan fingerprint density at radius 2 is 1.87 bits per heavy atom. The minimum Gasteiger partial charge on any atom is -0.399 e. The zero-order valence-corrected chi connectivity index (χ0v) is 7.95. The number of halogens is 4. The summed E-state index contributed by atoms with van der Waals surface area (Å²) >= 11 is 0. The lowest BCUT2D eigenvalue weighted by Gasteiger charge is -2.14. The maximum atomic E-state index is 13.1. The lowest BCUT2D eigenvalue weighted by Crippen LogP contribution is -2.12. The van der Waals surface area contributed by atoms with E-state index in [4.69, 9.17) is 5.73 Å². The van der Waals surface area contributed by atoms with E-state index in [2.05, 4.69) is 6.58 Å². The van der Waals surface area contributed by atoms with Crippen LogP contribution in [0.1, 0.15) is 18.1 Å². The third-order valence-electron chi connectivity index (χ3n) is 1.86. The second kappa shape index (κ2) is 3.56. The number of benzene rings is 1. The van der Waals surface area contributed by atoms with Crippen LogP contribution < -0.4 is 5.73 Å². The molecule has 0 unspecified atom stereocenters. The van der Waals surface area contributed by atoms with Gasteiger partial charge in [-0.15, -0.1) is 0 Å². The number of rotatable bonds is 1. The smallest absolute Gasteiger partial charge is 0.399 e. The van der Waals surface area contributed by atoms with Gasteiger partial charge in [0.15, 0.2) is 0 Å². The largest absolute Gasteiger partial charge is 0.419 e. The summed E-state index contributed by atoms with van der Waals surface area (Å²) in [5.74, 6) is -1.37. The normalized spacial score (nSPS) is 11.5. The highest BCUT2D eigenvalue weighted by atomic mass is 19.4. The third kappa shape index (κ3) is 2.29. The van der Waals surface area contributed by atoms with E-state index in [0.29, 0.717) is 6.07 Å². The zero-order valence-electron chi connectivity index (χ0n) is 7.95. The Morgan fingerprint density at radius 1 is 1.33 bits per heavy atom.